The van der Waals surface area contributed by atoms with E-state index in [-0.39, 0.29) is 30.1 Å². The molecule has 2 aromatic heterocycles. The Morgan fingerprint density at radius 2 is 2.09 bits per heavy atom. The Morgan fingerprint density at radius 3 is 2.79 bits per heavy atom. The number of alkyl halides is 3. The second kappa shape index (κ2) is 7.74. The maximum atomic E-state index is 13.2. The molecule has 0 spiro atoms. The molecule has 3 aliphatic rings. The molecule has 0 bridgehead atoms. The molecule has 2 fully saturated rings. The fourth-order valence-electron chi connectivity index (χ4n) is 5.16. The molecule has 2 aromatic rings. The third-order valence-electron chi connectivity index (χ3n) is 6.84. The van der Waals surface area contributed by atoms with Gasteiger partial charge in [-0.05, 0) is 43.7 Å². The van der Waals surface area contributed by atoms with Gasteiger partial charge in [0.05, 0.1) is 0 Å². The molecule has 3 heterocycles. The molecular formula is C22H23F3N4O4. The Kier molecular flexibility index (Phi) is 5.09. The van der Waals surface area contributed by atoms with Crippen molar-refractivity contribution in [1.82, 2.24) is 19.7 Å². The molecule has 11 heteroatoms. The van der Waals surface area contributed by atoms with Crippen LogP contribution in [0.3, 0.4) is 0 Å². The highest BCUT2D eigenvalue weighted by molar-refractivity contribution is 5.88. The molecule has 8 nitrogen and oxygen atoms in total. The summed E-state index contributed by atoms with van der Waals surface area (Å²) >= 11 is 0. The van der Waals surface area contributed by atoms with E-state index in [1.165, 1.54) is 16.9 Å². The molecule has 1 amide bonds. The lowest BCUT2D eigenvalue weighted by Gasteiger charge is -2.37. The highest BCUT2D eigenvalue weighted by Gasteiger charge is 2.50. The van der Waals surface area contributed by atoms with Crippen molar-refractivity contribution in [3.05, 3.63) is 40.8 Å². The number of fused-ring (bicyclic) bond motifs is 3. The molecule has 4 atom stereocenters. The van der Waals surface area contributed by atoms with E-state index in [1.807, 2.05) is 6.92 Å². The summed E-state index contributed by atoms with van der Waals surface area (Å²) in [6.07, 6.45) is -1.36. The molecule has 2 unspecified atom stereocenters. The number of ether oxygens (including phenoxy) is 1. The molecule has 1 saturated carbocycles. The molecule has 0 aromatic carbocycles. The molecule has 1 aliphatic heterocycles. The van der Waals surface area contributed by atoms with Gasteiger partial charge >= 0.3 is 12.1 Å². The van der Waals surface area contributed by atoms with Crippen LogP contribution in [0.1, 0.15) is 59.4 Å². The van der Waals surface area contributed by atoms with Crippen LogP contribution in [-0.2, 0) is 23.9 Å². The first kappa shape index (κ1) is 21.7. The summed E-state index contributed by atoms with van der Waals surface area (Å²) in [4.78, 5) is 30.0. The predicted octanol–water partition coefficient (Wildman–Crippen LogP) is 3.11. The smallest absolute Gasteiger partial charge is 0.421 e. The van der Waals surface area contributed by atoms with Crippen LogP contribution in [0, 0.1) is 5.92 Å². The van der Waals surface area contributed by atoms with Crippen molar-refractivity contribution in [1.29, 1.82) is 0 Å². The van der Waals surface area contributed by atoms with Crippen LogP contribution in [0.15, 0.2) is 18.3 Å². The lowest BCUT2D eigenvalue weighted by molar-refractivity contribution is -0.140. The van der Waals surface area contributed by atoms with Crippen molar-refractivity contribution in [2.45, 2.75) is 63.4 Å². The van der Waals surface area contributed by atoms with E-state index in [0.29, 0.717) is 25.3 Å². The number of pyridine rings is 1. The Hall–Kier alpha value is -3.11. The zero-order valence-electron chi connectivity index (χ0n) is 17.9. The van der Waals surface area contributed by atoms with Gasteiger partial charge in [0, 0.05) is 42.9 Å². The number of carboxylic acids is 1. The van der Waals surface area contributed by atoms with Crippen molar-refractivity contribution in [2.75, 3.05) is 6.54 Å². The highest BCUT2D eigenvalue weighted by Crippen LogP contribution is 2.57. The molecule has 5 rings (SSSR count). The molecule has 1 N–H and O–H groups in total. The maximum absolute atomic E-state index is 13.2. The van der Waals surface area contributed by atoms with E-state index < -0.39 is 29.7 Å². The Labute approximate surface area is 187 Å². The van der Waals surface area contributed by atoms with Crippen molar-refractivity contribution in [3.8, 4) is 5.88 Å². The number of rotatable bonds is 5. The van der Waals surface area contributed by atoms with E-state index in [2.05, 4.69) is 10.1 Å². The van der Waals surface area contributed by atoms with Crippen LogP contribution in [-0.4, -0.2) is 55.3 Å². The largest absolute Gasteiger partial charge is 0.476 e. The molecule has 2 aliphatic carbocycles. The summed E-state index contributed by atoms with van der Waals surface area (Å²) in [6.45, 7) is 2.09. The number of aromatic carboxylic acids is 1. The third kappa shape index (κ3) is 3.93. The second-order valence-electron chi connectivity index (χ2n) is 9.03. The lowest BCUT2D eigenvalue weighted by Crippen LogP contribution is -2.48. The number of carboxylic acid groups (broad SMARTS) is 1. The van der Waals surface area contributed by atoms with E-state index in [0.717, 1.165) is 30.2 Å². The number of nitrogens with zero attached hydrogens (tertiary/aromatic N) is 4. The Bertz CT molecular complexity index is 1120. The first-order chi connectivity index (χ1) is 15.6. The fraction of sp³-hybridized carbons (Fsp3) is 0.545. The quantitative estimate of drug-likeness (QED) is 0.730. The minimum atomic E-state index is -4.56. The SMILES string of the molecule is C[C@@H]1C[C@H](Oc2ncccc2C(F)(F)F)CCN1C(=O)Cn1nc(C(=O)O)c2c1CC1CC21. The summed E-state index contributed by atoms with van der Waals surface area (Å²) in [7, 11) is 0. The minimum absolute atomic E-state index is 0.0405. The number of likely N-dealkylation sites (tertiary alicyclic amines) is 1. The van der Waals surface area contributed by atoms with Crippen LogP contribution in [0.4, 0.5) is 13.2 Å². The van der Waals surface area contributed by atoms with Crippen LogP contribution in [0.2, 0.25) is 0 Å². The maximum Gasteiger partial charge on any atom is 0.421 e. The number of carbonyl (C=O) groups excluding carboxylic acids is 1. The monoisotopic (exact) mass is 464 g/mol. The number of halogens is 3. The number of aromatic nitrogens is 3. The zero-order chi connectivity index (χ0) is 23.5. The topological polar surface area (TPSA) is 97.5 Å². The molecule has 33 heavy (non-hydrogen) atoms. The first-order valence-electron chi connectivity index (χ1n) is 10.9. The number of hydrogen-bond acceptors (Lipinski definition) is 5. The molecule has 176 valence electrons. The number of piperidine rings is 1. The summed E-state index contributed by atoms with van der Waals surface area (Å²) in [5.74, 6) is -1.03. The van der Waals surface area contributed by atoms with Crippen molar-refractivity contribution < 1.29 is 32.6 Å². The van der Waals surface area contributed by atoms with Crippen LogP contribution in [0.25, 0.3) is 0 Å². The molecular weight excluding hydrogens is 441 g/mol. The fourth-order valence-corrected chi connectivity index (χ4v) is 5.16. The van der Waals surface area contributed by atoms with Gasteiger partial charge in [-0.25, -0.2) is 9.78 Å². The van der Waals surface area contributed by atoms with Gasteiger partial charge in [-0.15, -0.1) is 0 Å². The van der Waals surface area contributed by atoms with Gasteiger partial charge in [0.25, 0.3) is 0 Å². The van der Waals surface area contributed by atoms with Gasteiger partial charge in [0.1, 0.15) is 18.2 Å². The van der Waals surface area contributed by atoms with Gasteiger partial charge < -0.3 is 14.7 Å². The first-order valence-corrected chi connectivity index (χ1v) is 10.9. The second-order valence-corrected chi connectivity index (χ2v) is 9.03. The number of carbonyl (C=O) groups is 2. The van der Waals surface area contributed by atoms with Crippen molar-refractivity contribution in [2.24, 2.45) is 5.92 Å². The average molecular weight is 464 g/mol. The lowest BCUT2D eigenvalue weighted by atomic mass is 10.0. The van der Waals surface area contributed by atoms with E-state index in [9.17, 15) is 27.9 Å². The minimum Gasteiger partial charge on any atom is -0.476 e. The van der Waals surface area contributed by atoms with Crippen molar-refractivity contribution in [3.63, 3.8) is 0 Å². The normalized spacial score (nSPS) is 26.0. The van der Waals surface area contributed by atoms with Crippen LogP contribution >= 0.6 is 0 Å². The van der Waals surface area contributed by atoms with Gasteiger partial charge in [0.15, 0.2) is 5.69 Å². The van der Waals surface area contributed by atoms with Gasteiger partial charge in [-0.3, -0.25) is 9.48 Å². The van der Waals surface area contributed by atoms with Gasteiger partial charge in [0.2, 0.25) is 11.8 Å². The summed E-state index contributed by atoms with van der Waals surface area (Å²) in [5, 5.41) is 13.7. The van der Waals surface area contributed by atoms with Crippen LogP contribution in [0.5, 0.6) is 5.88 Å². The average Bonchev–Trinajstić information content (AvgIpc) is 3.26. The summed E-state index contributed by atoms with van der Waals surface area (Å²) in [5.41, 5.74) is 0.730. The molecule has 1 saturated heterocycles. The Balaban J connectivity index is 1.25. The van der Waals surface area contributed by atoms with E-state index in [1.54, 1.807) is 4.90 Å². The zero-order valence-corrected chi connectivity index (χ0v) is 17.9. The third-order valence-corrected chi connectivity index (χ3v) is 6.84. The molecule has 0 radical (unpaired) electrons. The van der Waals surface area contributed by atoms with Crippen LogP contribution < -0.4 is 4.74 Å². The predicted molar refractivity (Wildman–Crippen MR) is 108 cm³/mol. The Morgan fingerprint density at radius 1 is 1.30 bits per heavy atom. The van der Waals surface area contributed by atoms with Crippen molar-refractivity contribution >= 4 is 11.9 Å². The number of amides is 1. The standard InChI is InChI=1S/C22H23F3N4O4/c1-11-7-13(33-20-15(22(23,24)25)3-2-5-26-20)4-6-28(11)17(30)10-29-16-9-12-8-14(12)18(16)19(27-29)21(31)32/h2-3,5,11-14H,4,6-10H2,1H3,(H,31,32)/t11-,12?,13-,14?/m1/s1. The van der Waals surface area contributed by atoms with Gasteiger partial charge in [-0.1, -0.05) is 0 Å². The number of hydrogen-bond donors (Lipinski definition) is 1. The van der Waals surface area contributed by atoms with Gasteiger partial charge in [-0.2, -0.15) is 18.3 Å². The van der Waals surface area contributed by atoms with E-state index >= 15 is 0 Å². The van der Waals surface area contributed by atoms with E-state index in [4.69, 9.17) is 4.74 Å². The summed E-state index contributed by atoms with van der Waals surface area (Å²) in [6, 6.07) is 1.89. The summed E-state index contributed by atoms with van der Waals surface area (Å²) < 4.78 is 46.7. The highest BCUT2D eigenvalue weighted by atomic mass is 19.4.